The summed E-state index contributed by atoms with van der Waals surface area (Å²) in [7, 11) is 0. The summed E-state index contributed by atoms with van der Waals surface area (Å²) in [5, 5.41) is 9.54. The van der Waals surface area contributed by atoms with Gasteiger partial charge in [0.25, 0.3) is 0 Å². The van der Waals surface area contributed by atoms with E-state index in [9.17, 15) is 5.11 Å². The normalized spacial score (nSPS) is 28.7. The molecule has 0 saturated carbocycles. The summed E-state index contributed by atoms with van der Waals surface area (Å²) in [4.78, 5) is 0. The molecule has 0 aromatic heterocycles. The highest BCUT2D eigenvalue weighted by Gasteiger charge is 2.29. The van der Waals surface area contributed by atoms with Crippen LogP contribution in [-0.2, 0) is 4.74 Å². The molecule has 0 aromatic rings. The molecule has 0 aromatic carbocycles. The van der Waals surface area contributed by atoms with Crippen LogP contribution in [-0.4, -0.2) is 17.3 Å². The average molecular weight is 168 g/mol. The number of aliphatic hydroxyl groups excluding tert-OH is 1. The molecule has 0 radical (unpaired) electrons. The molecule has 2 nitrogen and oxygen atoms in total. The fraction of sp³-hybridized carbons (Fsp3) is 0.600. The summed E-state index contributed by atoms with van der Waals surface area (Å²) < 4.78 is 5.56. The monoisotopic (exact) mass is 168 g/mol. The molecule has 1 N–H and O–H groups in total. The van der Waals surface area contributed by atoms with E-state index in [-0.39, 0.29) is 0 Å². The lowest BCUT2D eigenvalue weighted by atomic mass is 9.95. The number of hydrogen-bond acceptors (Lipinski definition) is 2. The van der Waals surface area contributed by atoms with Crippen molar-refractivity contribution >= 4 is 0 Å². The molecule has 1 aliphatic rings. The van der Waals surface area contributed by atoms with Gasteiger partial charge >= 0.3 is 0 Å². The summed E-state index contributed by atoms with van der Waals surface area (Å²) in [5.74, 6) is 0.332. The van der Waals surface area contributed by atoms with Crippen LogP contribution in [0.4, 0.5) is 0 Å². The van der Waals surface area contributed by atoms with Crippen molar-refractivity contribution in [1.29, 1.82) is 0 Å². The van der Waals surface area contributed by atoms with Crippen LogP contribution in [0.2, 0.25) is 0 Å². The predicted octanol–water partition coefficient (Wildman–Crippen LogP) is 2.57. The molecular weight excluding hydrogens is 152 g/mol. The van der Waals surface area contributed by atoms with E-state index in [0.717, 1.165) is 12.8 Å². The molecule has 0 saturated heterocycles. The van der Waals surface area contributed by atoms with E-state index in [1.807, 2.05) is 19.1 Å². The molecule has 68 valence electrons. The standard InChI is InChI=1S/C10H16O2/c1-3-8-12-10(2)7-5-4-6-9(10)11/h4-6,11H,3,7-8H2,1-2H3. The van der Waals surface area contributed by atoms with E-state index in [0.29, 0.717) is 12.4 Å². The quantitative estimate of drug-likeness (QED) is 0.701. The molecule has 1 aliphatic carbocycles. The highest BCUT2D eigenvalue weighted by molar-refractivity contribution is 5.22. The molecule has 0 bridgehead atoms. The van der Waals surface area contributed by atoms with Crippen molar-refractivity contribution in [3.8, 4) is 0 Å². The minimum atomic E-state index is -0.481. The van der Waals surface area contributed by atoms with Crippen molar-refractivity contribution in [2.45, 2.75) is 32.3 Å². The molecule has 0 amide bonds. The van der Waals surface area contributed by atoms with Gasteiger partial charge in [-0.05, 0) is 19.4 Å². The van der Waals surface area contributed by atoms with E-state index in [2.05, 4.69) is 6.92 Å². The van der Waals surface area contributed by atoms with Crippen molar-refractivity contribution in [3.63, 3.8) is 0 Å². The van der Waals surface area contributed by atoms with Gasteiger partial charge in [-0.3, -0.25) is 0 Å². The highest BCUT2D eigenvalue weighted by Crippen LogP contribution is 2.27. The number of ether oxygens (including phenoxy) is 1. The largest absolute Gasteiger partial charge is 0.509 e. The van der Waals surface area contributed by atoms with Crippen LogP contribution in [0.5, 0.6) is 0 Å². The Balaban J connectivity index is 2.58. The van der Waals surface area contributed by atoms with Gasteiger partial charge in [-0.25, -0.2) is 0 Å². The molecular formula is C10H16O2. The molecule has 1 atom stereocenters. The van der Waals surface area contributed by atoms with Gasteiger partial charge in [0.15, 0.2) is 0 Å². The van der Waals surface area contributed by atoms with Crippen molar-refractivity contribution in [3.05, 3.63) is 24.0 Å². The summed E-state index contributed by atoms with van der Waals surface area (Å²) in [5.41, 5.74) is -0.481. The molecule has 0 aliphatic heterocycles. The Bertz CT molecular complexity index is 206. The molecule has 2 heteroatoms. The Morgan fingerprint density at radius 2 is 2.42 bits per heavy atom. The predicted molar refractivity (Wildman–Crippen MR) is 49.1 cm³/mol. The highest BCUT2D eigenvalue weighted by atomic mass is 16.5. The molecule has 1 rings (SSSR count). The fourth-order valence-electron chi connectivity index (χ4n) is 1.19. The zero-order valence-electron chi connectivity index (χ0n) is 7.71. The van der Waals surface area contributed by atoms with Gasteiger partial charge in [-0.2, -0.15) is 0 Å². The minimum Gasteiger partial charge on any atom is -0.509 e. The molecule has 0 heterocycles. The van der Waals surface area contributed by atoms with Crippen molar-refractivity contribution in [2.24, 2.45) is 0 Å². The molecule has 1 unspecified atom stereocenters. The molecule has 0 fully saturated rings. The van der Waals surface area contributed by atoms with Gasteiger partial charge in [0.1, 0.15) is 11.4 Å². The number of rotatable bonds is 3. The third-order valence-corrected chi connectivity index (χ3v) is 2.06. The zero-order chi connectivity index (χ0) is 9.03. The van der Waals surface area contributed by atoms with Crippen LogP contribution in [0.25, 0.3) is 0 Å². The van der Waals surface area contributed by atoms with Gasteiger partial charge in [0, 0.05) is 13.0 Å². The van der Waals surface area contributed by atoms with Gasteiger partial charge in [0.05, 0.1) is 0 Å². The summed E-state index contributed by atoms with van der Waals surface area (Å²) in [6.45, 7) is 4.67. The van der Waals surface area contributed by atoms with Gasteiger partial charge in [0.2, 0.25) is 0 Å². The lowest BCUT2D eigenvalue weighted by molar-refractivity contribution is -0.0292. The first-order chi connectivity index (χ1) is 5.69. The second-order valence-electron chi connectivity index (χ2n) is 3.26. The van der Waals surface area contributed by atoms with E-state index < -0.39 is 5.60 Å². The molecule has 12 heavy (non-hydrogen) atoms. The van der Waals surface area contributed by atoms with E-state index in [4.69, 9.17) is 4.74 Å². The van der Waals surface area contributed by atoms with Crippen LogP contribution in [0.1, 0.15) is 26.7 Å². The lowest BCUT2D eigenvalue weighted by Crippen LogP contribution is -2.32. The smallest absolute Gasteiger partial charge is 0.125 e. The average Bonchev–Trinajstić information content (AvgIpc) is 2.07. The van der Waals surface area contributed by atoms with Gasteiger partial charge in [-0.1, -0.05) is 19.1 Å². The Morgan fingerprint density at radius 1 is 1.67 bits per heavy atom. The first-order valence-electron chi connectivity index (χ1n) is 4.39. The number of hydrogen-bond donors (Lipinski definition) is 1. The summed E-state index contributed by atoms with van der Waals surface area (Å²) in [6, 6.07) is 0. The van der Waals surface area contributed by atoms with Gasteiger partial charge < -0.3 is 9.84 Å². The maximum absolute atomic E-state index is 9.54. The minimum absolute atomic E-state index is 0.332. The first kappa shape index (κ1) is 9.33. The number of allylic oxidation sites excluding steroid dienone is 2. The maximum atomic E-state index is 9.54. The third-order valence-electron chi connectivity index (χ3n) is 2.06. The maximum Gasteiger partial charge on any atom is 0.125 e. The Hall–Kier alpha value is -0.760. The van der Waals surface area contributed by atoms with E-state index in [1.165, 1.54) is 0 Å². The fourth-order valence-corrected chi connectivity index (χ4v) is 1.19. The van der Waals surface area contributed by atoms with E-state index in [1.54, 1.807) is 6.08 Å². The Labute approximate surface area is 73.5 Å². The summed E-state index contributed by atoms with van der Waals surface area (Å²) in [6.07, 6.45) is 7.29. The second-order valence-corrected chi connectivity index (χ2v) is 3.26. The first-order valence-corrected chi connectivity index (χ1v) is 4.39. The second kappa shape index (κ2) is 3.76. The SMILES string of the molecule is CCCOC1(C)CC=CC=C1O. The zero-order valence-corrected chi connectivity index (χ0v) is 7.71. The van der Waals surface area contributed by atoms with Crippen LogP contribution in [0.3, 0.4) is 0 Å². The van der Waals surface area contributed by atoms with E-state index >= 15 is 0 Å². The van der Waals surface area contributed by atoms with Crippen molar-refractivity contribution in [2.75, 3.05) is 6.61 Å². The van der Waals surface area contributed by atoms with Gasteiger partial charge in [-0.15, -0.1) is 0 Å². The van der Waals surface area contributed by atoms with Crippen molar-refractivity contribution < 1.29 is 9.84 Å². The summed E-state index contributed by atoms with van der Waals surface area (Å²) >= 11 is 0. The number of aliphatic hydroxyl groups is 1. The van der Waals surface area contributed by atoms with Crippen LogP contribution >= 0.6 is 0 Å². The van der Waals surface area contributed by atoms with Crippen molar-refractivity contribution in [1.82, 2.24) is 0 Å². The lowest BCUT2D eigenvalue weighted by Gasteiger charge is -2.29. The Morgan fingerprint density at radius 3 is 3.00 bits per heavy atom. The third kappa shape index (κ3) is 1.89. The molecule has 0 spiro atoms. The van der Waals surface area contributed by atoms with Crippen LogP contribution in [0.15, 0.2) is 24.0 Å². The van der Waals surface area contributed by atoms with Crippen LogP contribution < -0.4 is 0 Å². The Kier molecular flexibility index (Phi) is 2.93. The topological polar surface area (TPSA) is 29.5 Å². The van der Waals surface area contributed by atoms with Crippen LogP contribution in [0, 0.1) is 0 Å².